The summed E-state index contributed by atoms with van der Waals surface area (Å²) in [4.78, 5) is 23.1. The van der Waals surface area contributed by atoms with E-state index in [1.807, 2.05) is 0 Å². The Kier molecular flexibility index (Phi) is 7.78. The van der Waals surface area contributed by atoms with Crippen molar-refractivity contribution >= 4 is 22.1 Å². The molecule has 0 amide bonds. The van der Waals surface area contributed by atoms with Gasteiger partial charge in [-0.1, -0.05) is 0 Å². The van der Waals surface area contributed by atoms with Gasteiger partial charge in [-0.2, -0.15) is 0 Å². The molecule has 0 aliphatic carbocycles. The molecule has 25 heavy (non-hydrogen) atoms. The van der Waals surface area contributed by atoms with Crippen molar-refractivity contribution < 1.29 is 61.6 Å². The van der Waals surface area contributed by atoms with Gasteiger partial charge in [0.15, 0.2) is 0 Å². The molecule has 0 saturated carbocycles. The Labute approximate surface area is 167 Å². The first kappa shape index (κ1) is 21.3. The van der Waals surface area contributed by atoms with Crippen molar-refractivity contribution in [1.82, 2.24) is 0 Å². The zero-order valence-electron chi connectivity index (χ0n) is 13.6. The minimum Gasteiger partial charge on any atom is -0.744 e. The van der Waals surface area contributed by atoms with Gasteiger partial charge >= 0.3 is 41.5 Å². The van der Waals surface area contributed by atoms with Gasteiger partial charge in [0.05, 0.1) is 22.6 Å². The van der Waals surface area contributed by atoms with Crippen molar-refractivity contribution in [3.05, 3.63) is 59.7 Å². The van der Waals surface area contributed by atoms with Crippen LogP contribution in [0.25, 0.3) is 0 Å². The Morgan fingerprint density at radius 3 is 1.84 bits per heavy atom. The molecule has 0 atom stereocenters. The SMILES string of the molecule is CCOC(=O)c1ccc(C(=O)Oc2ccc(S(=O)(=O)[O-])cc2)cc1.[Na+]. The summed E-state index contributed by atoms with van der Waals surface area (Å²) < 4.78 is 42.4. The fourth-order valence-electron chi connectivity index (χ4n) is 1.80. The topological polar surface area (TPSA) is 110 Å². The predicted octanol–water partition coefficient (Wildman–Crippen LogP) is -1.01. The van der Waals surface area contributed by atoms with Gasteiger partial charge in [-0.25, -0.2) is 18.0 Å². The van der Waals surface area contributed by atoms with E-state index in [1.54, 1.807) is 6.92 Å². The van der Waals surface area contributed by atoms with E-state index < -0.39 is 27.0 Å². The molecule has 0 aromatic heterocycles. The summed E-state index contributed by atoms with van der Waals surface area (Å²) in [5.74, 6) is -1.10. The van der Waals surface area contributed by atoms with Crippen LogP contribution in [0.15, 0.2) is 53.4 Å². The molecular formula is C16H13NaO7S. The molecule has 0 radical (unpaired) electrons. The van der Waals surface area contributed by atoms with Crippen molar-refractivity contribution in [2.24, 2.45) is 0 Å². The van der Waals surface area contributed by atoms with Crippen molar-refractivity contribution in [3.63, 3.8) is 0 Å². The number of benzene rings is 2. The third-order valence-corrected chi connectivity index (χ3v) is 3.80. The largest absolute Gasteiger partial charge is 1.00 e. The summed E-state index contributed by atoms with van der Waals surface area (Å²) in [6, 6.07) is 10.2. The molecule has 0 unspecified atom stereocenters. The number of carbonyl (C=O) groups excluding carboxylic acids is 2. The van der Waals surface area contributed by atoms with Crippen LogP contribution in [0.5, 0.6) is 5.75 Å². The van der Waals surface area contributed by atoms with E-state index >= 15 is 0 Å². The fourth-order valence-corrected chi connectivity index (χ4v) is 2.27. The van der Waals surface area contributed by atoms with Crippen LogP contribution in [0.3, 0.4) is 0 Å². The van der Waals surface area contributed by atoms with Crippen LogP contribution < -0.4 is 34.3 Å². The molecule has 0 N–H and O–H groups in total. The van der Waals surface area contributed by atoms with E-state index in [4.69, 9.17) is 9.47 Å². The first-order valence-corrected chi connectivity index (χ1v) is 8.27. The zero-order chi connectivity index (χ0) is 17.7. The molecule has 0 saturated heterocycles. The molecule has 0 aliphatic heterocycles. The minimum atomic E-state index is -4.55. The molecule has 0 heterocycles. The third kappa shape index (κ3) is 5.94. The predicted molar refractivity (Wildman–Crippen MR) is 81.8 cm³/mol. The Morgan fingerprint density at radius 1 is 0.920 bits per heavy atom. The number of esters is 2. The maximum Gasteiger partial charge on any atom is 1.00 e. The van der Waals surface area contributed by atoms with Gasteiger partial charge in [-0.15, -0.1) is 0 Å². The molecule has 0 bridgehead atoms. The van der Waals surface area contributed by atoms with Gasteiger partial charge in [0, 0.05) is 0 Å². The van der Waals surface area contributed by atoms with Crippen molar-refractivity contribution in [2.45, 2.75) is 11.8 Å². The van der Waals surface area contributed by atoms with E-state index in [1.165, 1.54) is 36.4 Å². The molecule has 2 aromatic rings. The quantitative estimate of drug-likeness (QED) is 0.286. The summed E-state index contributed by atoms with van der Waals surface area (Å²) in [5.41, 5.74) is 0.502. The van der Waals surface area contributed by atoms with E-state index in [9.17, 15) is 22.6 Å². The maximum atomic E-state index is 12.0. The maximum absolute atomic E-state index is 12.0. The monoisotopic (exact) mass is 372 g/mol. The van der Waals surface area contributed by atoms with Gasteiger partial charge in [0.25, 0.3) is 0 Å². The Hall–Kier alpha value is -1.71. The molecule has 2 rings (SSSR count). The third-order valence-electron chi connectivity index (χ3n) is 2.95. The first-order chi connectivity index (χ1) is 11.3. The Balaban J connectivity index is 0.00000312. The number of hydrogen-bond donors (Lipinski definition) is 0. The molecule has 0 aliphatic rings. The molecule has 7 nitrogen and oxygen atoms in total. The number of hydrogen-bond acceptors (Lipinski definition) is 7. The standard InChI is InChI=1S/C16H14O7S.Na/c1-2-22-15(17)11-3-5-12(6-4-11)16(18)23-13-7-9-14(10-8-13)24(19,20)21;/h3-10H,2H2,1H3,(H,19,20,21);/q;+1/p-1. The summed E-state index contributed by atoms with van der Waals surface area (Å²) in [7, 11) is -4.55. The van der Waals surface area contributed by atoms with Crippen LogP contribution in [0.1, 0.15) is 27.6 Å². The van der Waals surface area contributed by atoms with Crippen LogP contribution in [0.2, 0.25) is 0 Å². The zero-order valence-corrected chi connectivity index (χ0v) is 16.4. The van der Waals surface area contributed by atoms with Gasteiger partial charge in [0.1, 0.15) is 15.9 Å². The number of carbonyl (C=O) groups is 2. The van der Waals surface area contributed by atoms with Crippen LogP contribution in [0, 0.1) is 0 Å². The normalized spacial score (nSPS) is 10.5. The summed E-state index contributed by atoms with van der Waals surface area (Å²) in [6.45, 7) is 1.94. The molecule has 126 valence electrons. The molecule has 9 heteroatoms. The van der Waals surface area contributed by atoms with Crippen molar-refractivity contribution in [2.75, 3.05) is 6.61 Å². The van der Waals surface area contributed by atoms with Crippen LogP contribution in [0.4, 0.5) is 0 Å². The van der Waals surface area contributed by atoms with Gasteiger partial charge in [-0.05, 0) is 55.5 Å². The average molecular weight is 372 g/mol. The Morgan fingerprint density at radius 2 is 1.40 bits per heavy atom. The van der Waals surface area contributed by atoms with E-state index in [0.717, 1.165) is 12.1 Å². The van der Waals surface area contributed by atoms with Crippen LogP contribution in [-0.4, -0.2) is 31.5 Å². The second kappa shape index (κ2) is 9.12. The van der Waals surface area contributed by atoms with Crippen LogP contribution >= 0.6 is 0 Å². The van der Waals surface area contributed by atoms with E-state index in [-0.39, 0.29) is 47.5 Å². The smallest absolute Gasteiger partial charge is 0.744 e. The molecule has 2 aromatic carbocycles. The van der Waals surface area contributed by atoms with Gasteiger partial charge < -0.3 is 14.0 Å². The number of ether oxygens (including phenoxy) is 2. The van der Waals surface area contributed by atoms with Gasteiger partial charge in [-0.3, -0.25) is 0 Å². The van der Waals surface area contributed by atoms with E-state index in [0.29, 0.717) is 5.56 Å². The minimum absolute atomic E-state index is 0. The second-order valence-corrected chi connectivity index (χ2v) is 5.99. The van der Waals surface area contributed by atoms with E-state index in [2.05, 4.69) is 0 Å². The Bertz CT molecular complexity index is 843. The molecular weight excluding hydrogens is 359 g/mol. The molecule has 0 fully saturated rings. The second-order valence-electron chi connectivity index (χ2n) is 4.61. The van der Waals surface area contributed by atoms with Crippen molar-refractivity contribution in [3.8, 4) is 5.75 Å². The van der Waals surface area contributed by atoms with Crippen LogP contribution in [-0.2, 0) is 14.9 Å². The fraction of sp³-hybridized carbons (Fsp3) is 0.125. The summed E-state index contributed by atoms with van der Waals surface area (Å²) in [5, 5.41) is 0. The van der Waals surface area contributed by atoms with Gasteiger partial charge in [0.2, 0.25) is 0 Å². The average Bonchev–Trinajstić information content (AvgIpc) is 2.55. The number of rotatable bonds is 5. The summed E-state index contributed by atoms with van der Waals surface area (Å²) in [6.07, 6.45) is 0. The summed E-state index contributed by atoms with van der Waals surface area (Å²) >= 11 is 0. The molecule has 0 spiro atoms. The first-order valence-electron chi connectivity index (χ1n) is 6.86. The van der Waals surface area contributed by atoms with Crippen molar-refractivity contribution in [1.29, 1.82) is 0 Å².